The second-order valence-corrected chi connectivity index (χ2v) is 4.58. The van der Waals surface area contributed by atoms with E-state index in [9.17, 15) is 0 Å². The molecular weight excluding hydrogens is 198 g/mol. The Morgan fingerprint density at radius 3 is 2.79 bits per heavy atom. The van der Waals surface area contributed by atoms with E-state index in [1.54, 1.807) is 18.7 Å². The lowest BCUT2D eigenvalue weighted by Gasteiger charge is -2.05. The van der Waals surface area contributed by atoms with Crippen LogP contribution in [0.1, 0.15) is 19.7 Å². The number of hydrogen-bond acceptors (Lipinski definition) is 5. The SMILES string of the molecule is Cc1nnc(SCCNCC(C)C)o1. The summed E-state index contributed by atoms with van der Waals surface area (Å²) in [7, 11) is 0. The lowest BCUT2D eigenvalue weighted by molar-refractivity contribution is 0.429. The van der Waals surface area contributed by atoms with Crippen molar-refractivity contribution in [3.63, 3.8) is 0 Å². The minimum Gasteiger partial charge on any atom is -0.416 e. The van der Waals surface area contributed by atoms with Crippen LogP contribution >= 0.6 is 11.8 Å². The Morgan fingerprint density at radius 1 is 1.43 bits per heavy atom. The molecule has 1 heterocycles. The van der Waals surface area contributed by atoms with Gasteiger partial charge in [0.1, 0.15) is 0 Å². The predicted octanol–water partition coefficient (Wildman–Crippen LogP) is 1.72. The van der Waals surface area contributed by atoms with Crippen molar-refractivity contribution < 1.29 is 4.42 Å². The second kappa shape index (κ2) is 6.03. The van der Waals surface area contributed by atoms with Crippen LogP contribution in [0.25, 0.3) is 0 Å². The van der Waals surface area contributed by atoms with E-state index in [2.05, 4.69) is 29.4 Å². The van der Waals surface area contributed by atoms with Gasteiger partial charge in [0.15, 0.2) is 0 Å². The zero-order chi connectivity index (χ0) is 10.4. The van der Waals surface area contributed by atoms with Gasteiger partial charge >= 0.3 is 0 Å². The fourth-order valence-corrected chi connectivity index (χ4v) is 1.64. The summed E-state index contributed by atoms with van der Waals surface area (Å²) in [5.74, 6) is 2.29. The highest BCUT2D eigenvalue weighted by Crippen LogP contribution is 2.14. The first-order valence-electron chi connectivity index (χ1n) is 4.82. The van der Waals surface area contributed by atoms with E-state index >= 15 is 0 Å². The molecule has 0 aliphatic rings. The first kappa shape index (κ1) is 11.5. The largest absolute Gasteiger partial charge is 0.416 e. The van der Waals surface area contributed by atoms with Gasteiger partial charge in [0, 0.05) is 19.2 Å². The quantitative estimate of drug-likeness (QED) is 0.578. The Morgan fingerprint density at radius 2 is 2.21 bits per heavy atom. The number of rotatable bonds is 6. The highest BCUT2D eigenvalue weighted by molar-refractivity contribution is 7.99. The van der Waals surface area contributed by atoms with Crippen molar-refractivity contribution in [3.05, 3.63) is 5.89 Å². The van der Waals surface area contributed by atoms with E-state index in [-0.39, 0.29) is 0 Å². The highest BCUT2D eigenvalue weighted by atomic mass is 32.2. The summed E-state index contributed by atoms with van der Waals surface area (Å²) in [4.78, 5) is 0. The fraction of sp³-hybridized carbons (Fsp3) is 0.778. The number of aryl methyl sites for hydroxylation is 1. The molecule has 0 saturated carbocycles. The van der Waals surface area contributed by atoms with Gasteiger partial charge in [-0.1, -0.05) is 25.6 Å². The Labute approximate surface area is 88.9 Å². The molecule has 80 valence electrons. The third-order valence-corrected chi connectivity index (χ3v) is 2.38. The van der Waals surface area contributed by atoms with Crippen LogP contribution in [-0.2, 0) is 0 Å². The molecular formula is C9H17N3OS. The molecule has 1 aromatic heterocycles. The zero-order valence-electron chi connectivity index (χ0n) is 8.91. The van der Waals surface area contributed by atoms with E-state index in [4.69, 9.17) is 4.42 Å². The maximum absolute atomic E-state index is 5.22. The summed E-state index contributed by atoms with van der Waals surface area (Å²) in [6, 6.07) is 0. The van der Waals surface area contributed by atoms with Gasteiger partial charge in [0.05, 0.1) is 0 Å². The van der Waals surface area contributed by atoms with Crippen molar-refractivity contribution in [2.45, 2.75) is 26.0 Å². The van der Waals surface area contributed by atoms with Gasteiger partial charge in [-0.05, 0) is 12.5 Å². The molecule has 0 aliphatic heterocycles. The molecule has 0 aliphatic carbocycles. The normalized spacial score (nSPS) is 11.1. The average molecular weight is 215 g/mol. The number of thioether (sulfide) groups is 1. The molecule has 5 heteroatoms. The van der Waals surface area contributed by atoms with E-state index in [0.29, 0.717) is 17.0 Å². The van der Waals surface area contributed by atoms with Crippen LogP contribution in [0.5, 0.6) is 0 Å². The minimum atomic E-state index is 0.627. The zero-order valence-corrected chi connectivity index (χ0v) is 9.73. The lowest BCUT2D eigenvalue weighted by Crippen LogP contribution is -2.22. The van der Waals surface area contributed by atoms with Crippen LogP contribution in [0, 0.1) is 12.8 Å². The van der Waals surface area contributed by atoms with Gasteiger partial charge in [0.2, 0.25) is 5.89 Å². The first-order chi connectivity index (χ1) is 6.68. The van der Waals surface area contributed by atoms with Crippen LogP contribution in [0.4, 0.5) is 0 Å². The molecule has 0 saturated heterocycles. The van der Waals surface area contributed by atoms with Crippen molar-refractivity contribution in [2.24, 2.45) is 5.92 Å². The third-order valence-electron chi connectivity index (χ3n) is 1.56. The van der Waals surface area contributed by atoms with Gasteiger partial charge in [0.25, 0.3) is 5.22 Å². The number of nitrogens with zero attached hydrogens (tertiary/aromatic N) is 2. The lowest BCUT2D eigenvalue weighted by atomic mass is 10.2. The van der Waals surface area contributed by atoms with E-state index < -0.39 is 0 Å². The summed E-state index contributed by atoms with van der Waals surface area (Å²) in [6.45, 7) is 8.23. The topological polar surface area (TPSA) is 51.0 Å². The number of nitrogens with one attached hydrogen (secondary N) is 1. The molecule has 0 spiro atoms. The number of hydrogen-bond donors (Lipinski definition) is 1. The summed E-state index contributed by atoms with van der Waals surface area (Å²) < 4.78 is 5.22. The molecule has 0 amide bonds. The van der Waals surface area contributed by atoms with Gasteiger partial charge < -0.3 is 9.73 Å². The third kappa shape index (κ3) is 4.62. The number of aromatic nitrogens is 2. The monoisotopic (exact) mass is 215 g/mol. The standard InChI is InChI=1S/C9H17N3OS/c1-7(2)6-10-4-5-14-9-12-11-8(3)13-9/h7,10H,4-6H2,1-3H3. The van der Waals surface area contributed by atoms with Gasteiger partial charge in [-0.25, -0.2) is 0 Å². The van der Waals surface area contributed by atoms with Crippen LogP contribution < -0.4 is 5.32 Å². The molecule has 4 nitrogen and oxygen atoms in total. The molecule has 0 atom stereocenters. The molecule has 0 radical (unpaired) electrons. The van der Waals surface area contributed by atoms with E-state index in [1.165, 1.54) is 0 Å². The van der Waals surface area contributed by atoms with E-state index in [0.717, 1.165) is 18.8 Å². The summed E-state index contributed by atoms with van der Waals surface area (Å²) in [6.07, 6.45) is 0. The Hall–Kier alpha value is -0.550. The summed E-state index contributed by atoms with van der Waals surface area (Å²) >= 11 is 1.59. The molecule has 0 fully saturated rings. The molecule has 0 unspecified atom stereocenters. The van der Waals surface area contributed by atoms with E-state index in [1.807, 2.05) is 0 Å². The van der Waals surface area contributed by atoms with Gasteiger partial charge in [-0.3, -0.25) is 0 Å². The highest BCUT2D eigenvalue weighted by Gasteiger charge is 2.01. The molecule has 0 bridgehead atoms. The van der Waals surface area contributed by atoms with Crippen LogP contribution in [0.15, 0.2) is 9.64 Å². The van der Waals surface area contributed by atoms with Crippen LogP contribution in [-0.4, -0.2) is 29.0 Å². The summed E-state index contributed by atoms with van der Waals surface area (Å²) in [5, 5.41) is 11.7. The molecule has 1 aromatic rings. The molecule has 0 aromatic carbocycles. The molecule has 1 rings (SSSR count). The van der Waals surface area contributed by atoms with Gasteiger partial charge in [-0.2, -0.15) is 0 Å². The van der Waals surface area contributed by atoms with Crippen LogP contribution in [0.2, 0.25) is 0 Å². The maximum Gasteiger partial charge on any atom is 0.276 e. The minimum absolute atomic E-state index is 0.627. The fourth-order valence-electron chi connectivity index (χ4n) is 0.938. The second-order valence-electron chi connectivity index (χ2n) is 3.53. The first-order valence-corrected chi connectivity index (χ1v) is 5.80. The van der Waals surface area contributed by atoms with Crippen LogP contribution in [0.3, 0.4) is 0 Å². The molecule has 14 heavy (non-hydrogen) atoms. The average Bonchev–Trinajstić information content (AvgIpc) is 2.50. The predicted molar refractivity (Wildman–Crippen MR) is 57.5 cm³/mol. The summed E-state index contributed by atoms with van der Waals surface area (Å²) in [5.41, 5.74) is 0. The van der Waals surface area contributed by atoms with Crippen molar-refractivity contribution in [1.29, 1.82) is 0 Å². The molecule has 1 N–H and O–H groups in total. The van der Waals surface area contributed by atoms with Crippen molar-refractivity contribution >= 4 is 11.8 Å². The van der Waals surface area contributed by atoms with Crippen molar-refractivity contribution in [2.75, 3.05) is 18.8 Å². The Balaban J connectivity index is 2.04. The Kier molecular flexibility index (Phi) is 4.97. The van der Waals surface area contributed by atoms with Crippen molar-refractivity contribution in [3.8, 4) is 0 Å². The maximum atomic E-state index is 5.22. The van der Waals surface area contributed by atoms with Gasteiger partial charge in [-0.15, -0.1) is 10.2 Å². The van der Waals surface area contributed by atoms with Crippen molar-refractivity contribution in [1.82, 2.24) is 15.5 Å². The Bertz CT molecular complexity index is 262. The smallest absolute Gasteiger partial charge is 0.276 e.